The highest BCUT2D eigenvalue weighted by Gasteiger charge is 2.37. The Morgan fingerprint density at radius 2 is 0.911 bits per heavy atom. The highest BCUT2D eigenvalue weighted by Crippen LogP contribution is 2.17. The molecule has 0 bridgehead atoms. The van der Waals surface area contributed by atoms with E-state index in [2.05, 4.69) is 31.1 Å². The van der Waals surface area contributed by atoms with Crippen molar-refractivity contribution in [2.75, 3.05) is 65.7 Å². The summed E-state index contributed by atoms with van der Waals surface area (Å²) in [5.41, 5.74) is 1.62. The molecule has 14 heteroatoms. The van der Waals surface area contributed by atoms with Crippen LogP contribution in [0, 0.1) is 11.8 Å². The van der Waals surface area contributed by atoms with Gasteiger partial charge in [0.1, 0.15) is 24.3 Å². The first-order valence-electron chi connectivity index (χ1n) is 20.1. The van der Waals surface area contributed by atoms with Crippen LogP contribution in [0.5, 0.6) is 0 Å². The van der Waals surface area contributed by atoms with Gasteiger partial charge in [-0.1, -0.05) is 88.4 Å². The molecule has 4 rings (SSSR count). The number of morpholine rings is 2. The Labute approximate surface area is 332 Å². The predicted molar refractivity (Wildman–Crippen MR) is 213 cm³/mol. The lowest BCUT2D eigenvalue weighted by atomic mass is 9.90. The lowest BCUT2D eigenvalue weighted by Gasteiger charge is -2.35. The molecule has 0 saturated carbocycles. The molecule has 2 saturated heterocycles. The minimum Gasteiger partial charge on any atom is -0.388 e. The van der Waals surface area contributed by atoms with Gasteiger partial charge < -0.3 is 41.0 Å². The van der Waals surface area contributed by atoms with Gasteiger partial charge in [0.15, 0.2) is 0 Å². The Morgan fingerprint density at radius 3 is 1.23 bits per heavy atom. The fourth-order valence-electron chi connectivity index (χ4n) is 7.00. The van der Waals surface area contributed by atoms with Crippen LogP contribution < -0.4 is 21.3 Å². The van der Waals surface area contributed by atoms with E-state index >= 15 is 0 Å². The number of ether oxygens (including phenoxy) is 2. The summed E-state index contributed by atoms with van der Waals surface area (Å²) in [4.78, 5) is 58.3. The van der Waals surface area contributed by atoms with Crippen molar-refractivity contribution in [1.29, 1.82) is 0 Å². The maximum atomic E-state index is 13.9. The molecule has 0 unspecified atom stereocenters. The van der Waals surface area contributed by atoms with Gasteiger partial charge in [0.2, 0.25) is 23.6 Å². The van der Waals surface area contributed by atoms with Crippen LogP contribution in [0.4, 0.5) is 0 Å². The van der Waals surface area contributed by atoms with E-state index in [0.717, 1.165) is 37.3 Å². The molecular weight excluding hydrogens is 716 g/mol. The number of hydrogen-bond acceptors (Lipinski definition) is 10. The number of rotatable bonds is 21. The number of carbonyl (C=O) groups is 4. The van der Waals surface area contributed by atoms with Crippen molar-refractivity contribution in [3.63, 3.8) is 0 Å². The molecule has 4 amide bonds. The summed E-state index contributed by atoms with van der Waals surface area (Å²) < 4.78 is 10.8. The average Bonchev–Trinajstić information content (AvgIpc) is 3.20. The quantitative estimate of drug-likeness (QED) is 0.107. The van der Waals surface area contributed by atoms with Gasteiger partial charge in [0.25, 0.3) is 0 Å². The van der Waals surface area contributed by atoms with E-state index in [1.165, 1.54) is 0 Å². The lowest BCUT2D eigenvalue weighted by molar-refractivity contribution is -0.133. The van der Waals surface area contributed by atoms with E-state index in [0.29, 0.717) is 39.5 Å². The Bertz CT molecular complexity index is 1380. The molecule has 6 N–H and O–H groups in total. The van der Waals surface area contributed by atoms with Crippen LogP contribution >= 0.6 is 0 Å². The van der Waals surface area contributed by atoms with Crippen molar-refractivity contribution in [1.82, 2.24) is 31.1 Å². The average molecular weight is 781 g/mol. The molecular formula is C42H64N6O8. The first-order chi connectivity index (χ1) is 26.9. The maximum Gasteiger partial charge on any atom is 0.243 e. The molecule has 6 atom stereocenters. The first kappa shape index (κ1) is 44.8. The molecule has 2 heterocycles. The number of aliphatic hydroxyl groups is 2. The van der Waals surface area contributed by atoms with Crippen LogP contribution in [0.1, 0.15) is 51.7 Å². The second-order valence-corrected chi connectivity index (χ2v) is 15.6. The van der Waals surface area contributed by atoms with Crippen LogP contribution in [0.2, 0.25) is 0 Å². The Kier molecular flexibility index (Phi) is 18.7. The number of amides is 4. The number of hydrogen-bond donors (Lipinski definition) is 6. The van der Waals surface area contributed by atoms with Crippen molar-refractivity contribution in [3.05, 3.63) is 71.8 Å². The van der Waals surface area contributed by atoms with E-state index in [1.54, 1.807) is 0 Å². The van der Waals surface area contributed by atoms with Crippen LogP contribution in [-0.4, -0.2) is 146 Å². The minimum absolute atomic E-state index is 0.167. The van der Waals surface area contributed by atoms with Gasteiger partial charge in [-0.3, -0.25) is 29.0 Å². The lowest BCUT2D eigenvalue weighted by Crippen LogP contribution is -2.61. The first-order valence-corrected chi connectivity index (χ1v) is 20.1. The zero-order valence-electron chi connectivity index (χ0n) is 33.5. The largest absolute Gasteiger partial charge is 0.388 e. The Hall–Kier alpha value is -3.92. The summed E-state index contributed by atoms with van der Waals surface area (Å²) in [6.45, 7) is 13.9. The Morgan fingerprint density at radius 1 is 0.571 bits per heavy atom. The summed E-state index contributed by atoms with van der Waals surface area (Å²) in [6, 6.07) is 14.8. The second-order valence-electron chi connectivity index (χ2n) is 15.6. The molecule has 0 spiro atoms. The molecule has 2 aromatic rings. The molecule has 2 aliphatic heterocycles. The van der Waals surface area contributed by atoms with Gasteiger partial charge in [0, 0.05) is 52.1 Å². The van der Waals surface area contributed by atoms with Crippen molar-refractivity contribution in [2.24, 2.45) is 11.8 Å². The number of nitrogens with one attached hydrogen (secondary N) is 4. The molecule has 310 valence electrons. The van der Waals surface area contributed by atoms with Crippen molar-refractivity contribution in [3.8, 4) is 0 Å². The topological polar surface area (TPSA) is 182 Å². The van der Waals surface area contributed by atoms with Crippen LogP contribution in [0.25, 0.3) is 0 Å². The molecule has 2 aromatic carbocycles. The number of benzene rings is 2. The molecule has 2 fully saturated rings. The van der Waals surface area contributed by atoms with E-state index in [1.807, 2.05) is 88.4 Å². The molecule has 0 aliphatic carbocycles. The molecule has 14 nitrogen and oxygen atoms in total. The third kappa shape index (κ3) is 14.9. The van der Waals surface area contributed by atoms with Crippen LogP contribution in [0.15, 0.2) is 60.7 Å². The summed E-state index contributed by atoms with van der Waals surface area (Å²) in [5, 5.41) is 35.6. The zero-order valence-corrected chi connectivity index (χ0v) is 33.5. The van der Waals surface area contributed by atoms with Gasteiger partial charge in [-0.25, -0.2) is 0 Å². The van der Waals surface area contributed by atoms with E-state index < -0.39 is 48.2 Å². The number of aliphatic hydroxyl groups excluding tert-OH is 2. The predicted octanol–water partition coefficient (Wildman–Crippen LogP) is 0.889. The van der Waals surface area contributed by atoms with Gasteiger partial charge >= 0.3 is 0 Å². The van der Waals surface area contributed by atoms with Crippen LogP contribution in [0.3, 0.4) is 0 Å². The highest BCUT2D eigenvalue weighted by molar-refractivity contribution is 5.89. The van der Waals surface area contributed by atoms with Gasteiger partial charge in [-0.15, -0.1) is 0 Å². The zero-order chi connectivity index (χ0) is 40.5. The minimum atomic E-state index is -1.54. The summed E-state index contributed by atoms with van der Waals surface area (Å²) >= 11 is 0. The summed E-state index contributed by atoms with van der Waals surface area (Å²) in [6.07, 6.45) is -2.31. The smallest absolute Gasteiger partial charge is 0.243 e. The second kappa shape index (κ2) is 23.3. The van der Waals surface area contributed by atoms with E-state index in [4.69, 9.17) is 9.47 Å². The molecule has 2 aliphatic rings. The van der Waals surface area contributed by atoms with E-state index in [9.17, 15) is 29.4 Å². The van der Waals surface area contributed by atoms with Crippen molar-refractivity contribution >= 4 is 23.6 Å². The van der Waals surface area contributed by atoms with Gasteiger partial charge in [0.05, 0.1) is 38.5 Å². The van der Waals surface area contributed by atoms with Crippen LogP contribution in [-0.2, 0) is 41.5 Å². The molecule has 0 radical (unpaired) electrons. The number of carbonyl (C=O) groups excluding carboxylic acids is 4. The maximum absolute atomic E-state index is 13.9. The highest BCUT2D eigenvalue weighted by atomic mass is 16.5. The summed E-state index contributed by atoms with van der Waals surface area (Å²) in [5.74, 6) is -2.05. The third-order valence-corrected chi connectivity index (χ3v) is 10.5. The fourth-order valence-corrected chi connectivity index (χ4v) is 7.00. The molecule has 56 heavy (non-hydrogen) atoms. The van der Waals surface area contributed by atoms with Crippen molar-refractivity contribution < 1.29 is 38.9 Å². The molecule has 0 aromatic heterocycles. The van der Waals surface area contributed by atoms with Crippen molar-refractivity contribution in [2.45, 2.75) is 89.8 Å². The third-order valence-electron chi connectivity index (χ3n) is 10.5. The van der Waals surface area contributed by atoms with Gasteiger partial charge in [-0.05, 0) is 35.8 Å². The van der Waals surface area contributed by atoms with E-state index in [-0.39, 0.29) is 49.3 Å². The normalized spacial score (nSPS) is 18.6. The number of nitrogens with zero attached hydrogens (tertiary/aromatic N) is 2. The standard InChI is InChI=1S/C42H64N6O8/c1-29(2)37(45-35(49)15-17-47-19-23-55-24-20-47)41(53)43-33(27-31-11-7-5-8-12-31)39(51)40(52)34(28-32-13-9-6-10-14-32)44-42(54)38(30(3)4)46-36(50)16-18-48-21-25-56-26-22-48/h5-14,29-30,33-34,37-40,51-52H,15-28H2,1-4H3,(H,43,53)(H,44,54)(H,45,49)(H,46,50)/t33-,34-,37-,38+,39+,40-/m0/s1. The van der Waals surface area contributed by atoms with Gasteiger partial charge in [-0.2, -0.15) is 0 Å². The fraction of sp³-hybridized carbons (Fsp3) is 0.619. The summed E-state index contributed by atoms with van der Waals surface area (Å²) in [7, 11) is 0. The Balaban J connectivity index is 1.50. The SMILES string of the molecule is CC(C)[C@H](NC(=O)CCN1CCOCC1)C(=O)N[C@@H](Cc1ccccc1)[C@@H](O)[C@@H](O)[C@H](Cc1ccccc1)NC(=O)[C@H](NC(=O)CCN1CCOCC1)C(C)C. The monoisotopic (exact) mass is 780 g/mol.